The zero-order valence-corrected chi connectivity index (χ0v) is 13.6. The zero-order valence-electron chi connectivity index (χ0n) is 12.8. The Balaban J connectivity index is 1.79. The Kier molecular flexibility index (Phi) is 3.60. The molecule has 0 fully saturated rings. The van der Waals surface area contributed by atoms with Gasteiger partial charge in [-0.3, -0.25) is 4.90 Å². The molecule has 1 unspecified atom stereocenters. The number of nitrogens with two attached hydrogens (primary N) is 1. The van der Waals surface area contributed by atoms with Gasteiger partial charge in [-0.2, -0.15) is 5.26 Å². The Labute approximate surface area is 144 Å². The van der Waals surface area contributed by atoms with Crippen molar-refractivity contribution in [3.63, 3.8) is 0 Å². The lowest BCUT2D eigenvalue weighted by Crippen LogP contribution is -2.33. The SMILES string of the molecule is N#CC1=C(N)N2C(c3ccccc3)=CSC2=NC1c1ccccc1. The summed E-state index contributed by atoms with van der Waals surface area (Å²) in [5, 5.41) is 12.5. The molecule has 0 aliphatic carbocycles. The van der Waals surface area contributed by atoms with Gasteiger partial charge in [0, 0.05) is 5.41 Å². The van der Waals surface area contributed by atoms with Crippen molar-refractivity contribution >= 4 is 22.6 Å². The van der Waals surface area contributed by atoms with Gasteiger partial charge in [0.15, 0.2) is 5.17 Å². The molecule has 0 radical (unpaired) electrons. The molecule has 4 rings (SSSR count). The molecule has 0 saturated carbocycles. The van der Waals surface area contributed by atoms with Gasteiger partial charge in [0.05, 0.1) is 11.3 Å². The van der Waals surface area contributed by atoms with E-state index in [2.05, 4.69) is 6.07 Å². The average Bonchev–Trinajstić information content (AvgIpc) is 3.07. The number of rotatable bonds is 2. The van der Waals surface area contributed by atoms with Gasteiger partial charge < -0.3 is 5.73 Å². The van der Waals surface area contributed by atoms with Crippen molar-refractivity contribution in [2.45, 2.75) is 6.04 Å². The molecule has 24 heavy (non-hydrogen) atoms. The lowest BCUT2D eigenvalue weighted by molar-refractivity contribution is 0.651. The molecule has 2 heterocycles. The summed E-state index contributed by atoms with van der Waals surface area (Å²) in [4.78, 5) is 6.66. The molecule has 2 aromatic carbocycles. The molecular weight excluding hydrogens is 316 g/mol. The van der Waals surface area contributed by atoms with Crippen LogP contribution in [-0.2, 0) is 0 Å². The lowest BCUT2D eigenvalue weighted by Gasteiger charge is -2.30. The Bertz CT molecular complexity index is 907. The van der Waals surface area contributed by atoms with E-state index in [1.165, 1.54) is 11.8 Å². The first-order valence-electron chi connectivity index (χ1n) is 7.54. The number of amidine groups is 1. The van der Waals surface area contributed by atoms with Crippen molar-refractivity contribution in [1.29, 1.82) is 5.26 Å². The Hall–Kier alpha value is -2.97. The van der Waals surface area contributed by atoms with Crippen LogP contribution in [0.3, 0.4) is 0 Å². The van der Waals surface area contributed by atoms with E-state index in [0.717, 1.165) is 22.0 Å². The number of benzene rings is 2. The summed E-state index contributed by atoms with van der Waals surface area (Å²) in [5.41, 5.74) is 9.83. The van der Waals surface area contributed by atoms with Gasteiger partial charge in [0.25, 0.3) is 0 Å². The van der Waals surface area contributed by atoms with E-state index < -0.39 is 0 Å². The molecule has 0 aromatic heterocycles. The van der Waals surface area contributed by atoms with E-state index in [1.54, 1.807) is 0 Å². The van der Waals surface area contributed by atoms with Crippen LogP contribution in [0.5, 0.6) is 0 Å². The van der Waals surface area contributed by atoms with Crippen molar-refractivity contribution < 1.29 is 0 Å². The van der Waals surface area contributed by atoms with Gasteiger partial charge in [-0.05, 0) is 11.1 Å². The van der Waals surface area contributed by atoms with Crippen molar-refractivity contribution in [3.8, 4) is 6.07 Å². The highest BCUT2D eigenvalue weighted by Gasteiger charge is 2.35. The van der Waals surface area contributed by atoms with Crippen molar-refractivity contribution in [1.82, 2.24) is 4.90 Å². The van der Waals surface area contributed by atoms with Crippen LogP contribution in [0.15, 0.2) is 82.5 Å². The maximum absolute atomic E-state index is 9.66. The van der Waals surface area contributed by atoms with Crippen molar-refractivity contribution in [2.24, 2.45) is 10.7 Å². The van der Waals surface area contributed by atoms with E-state index in [0.29, 0.717) is 11.4 Å². The third kappa shape index (κ3) is 2.29. The van der Waals surface area contributed by atoms with E-state index in [1.807, 2.05) is 71.0 Å². The van der Waals surface area contributed by atoms with Crippen LogP contribution in [0.1, 0.15) is 17.2 Å². The molecular formula is C19H14N4S. The predicted molar refractivity (Wildman–Crippen MR) is 97.3 cm³/mol. The molecule has 0 spiro atoms. The van der Waals surface area contributed by atoms with E-state index in [9.17, 15) is 5.26 Å². The lowest BCUT2D eigenvalue weighted by atomic mass is 9.98. The predicted octanol–water partition coefficient (Wildman–Crippen LogP) is 3.84. The van der Waals surface area contributed by atoms with Crippen LogP contribution in [0.2, 0.25) is 0 Å². The summed E-state index contributed by atoms with van der Waals surface area (Å²) in [6.07, 6.45) is 0. The van der Waals surface area contributed by atoms with Crippen LogP contribution >= 0.6 is 11.8 Å². The summed E-state index contributed by atoms with van der Waals surface area (Å²) in [5.74, 6) is 0.455. The molecule has 0 saturated heterocycles. The van der Waals surface area contributed by atoms with E-state index in [4.69, 9.17) is 10.7 Å². The van der Waals surface area contributed by atoms with E-state index in [-0.39, 0.29) is 6.04 Å². The number of nitrogens with zero attached hydrogens (tertiary/aromatic N) is 3. The van der Waals surface area contributed by atoms with Crippen molar-refractivity contribution in [3.05, 3.63) is 88.6 Å². The molecule has 116 valence electrons. The second-order valence-corrected chi connectivity index (χ2v) is 6.29. The van der Waals surface area contributed by atoms with Crippen LogP contribution in [-0.4, -0.2) is 10.1 Å². The Morgan fingerprint density at radius 2 is 1.71 bits per heavy atom. The first-order chi connectivity index (χ1) is 11.8. The number of aliphatic imine (C=N–C) groups is 1. The van der Waals surface area contributed by atoms with Crippen LogP contribution < -0.4 is 5.73 Å². The van der Waals surface area contributed by atoms with Crippen LogP contribution in [0.25, 0.3) is 5.70 Å². The van der Waals surface area contributed by atoms with Gasteiger partial charge in [-0.15, -0.1) is 0 Å². The van der Waals surface area contributed by atoms with Gasteiger partial charge in [0.1, 0.15) is 17.9 Å². The van der Waals surface area contributed by atoms with Gasteiger partial charge in [-0.25, -0.2) is 4.99 Å². The quantitative estimate of drug-likeness (QED) is 0.908. The minimum Gasteiger partial charge on any atom is -0.384 e. The molecule has 2 aliphatic rings. The van der Waals surface area contributed by atoms with Crippen molar-refractivity contribution in [2.75, 3.05) is 0 Å². The van der Waals surface area contributed by atoms with Gasteiger partial charge in [-0.1, -0.05) is 72.4 Å². The topological polar surface area (TPSA) is 65.4 Å². The summed E-state index contributed by atoms with van der Waals surface area (Å²) in [6.45, 7) is 0. The molecule has 1 atom stereocenters. The number of fused-ring (bicyclic) bond motifs is 1. The summed E-state index contributed by atoms with van der Waals surface area (Å²) in [6, 6.07) is 21.7. The molecule has 2 aliphatic heterocycles. The molecule has 0 amide bonds. The average molecular weight is 330 g/mol. The standard InChI is InChI=1S/C19H14N4S/c20-11-15-17(14-9-5-2-6-10-14)22-19-23(18(15)21)16(12-24-19)13-7-3-1-4-8-13/h1-10,12,17H,21H2. The number of thioether (sulfide) groups is 1. The molecule has 2 aromatic rings. The largest absolute Gasteiger partial charge is 0.384 e. The first kappa shape index (κ1) is 14.6. The number of nitriles is 1. The smallest absolute Gasteiger partial charge is 0.174 e. The first-order valence-corrected chi connectivity index (χ1v) is 8.42. The second-order valence-electron chi connectivity index (χ2n) is 5.46. The summed E-state index contributed by atoms with van der Waals surface area (Å²) < 4.78 is 0. The molecule has 2 N–H and O–H groups in total. The molecule has 4 nitrogen and oxygen atoms in total. The minimum atomic E-state index is -0.349. The second kappa shape index (κ2) is 5.91. The van der Waals surface area contributed by atoms with E-state index >= 15 is 0 Å². The number of hydrogen-bond donors (Lipinski definition) is 1. The maximum Gasteiger partial charge on any atom is 0.174 e. The number of hydrogen-bond acceptors (Lipinski definition) is 5. The monoisotopic (exact) mass is 330 g/mol. The fourth-order valence-corrected chi connectivity index (χ4v) is 3.80. The Morgan fingerprint density at radius 1 is 1.04 bits per heavy atom. The summed E-state index contributed by atoms with van der Waals surface area (Å²) in [7, 11) is 0. The minimum absolute atomic E-state index is 0.349. The molecule has 5 heteroatoms. The van der Waals surface area contributed by atoms with Gasteiger partial charge >= 0.3 is 0 Å². The summed E-state index contributed by atoms with van der Waals surface area (Å²) >= 11 is 1.53. The fraction of sp³-hybridized carbons (Fsp3) is 0.0526. The fourth-order valence-electron chi connectivity index (χ4n) is 2.87. The highest BCUT2D eigenvalue weighted by molar-refractivity contribution is 8.16. The zero-order chi connectivity index (χ0) is 16.5. The Morgan fingerprint density at radius 3 is 2.38 bits per heavy atom. The maximum atomic E-state index is 9.66. The van der Waals surface area contributed by atoms with Gasteiger partial charge in [0.2, 0.25) is 0 Å². The third-order valence-electron chi connectivity index (χ3n) is 4.04. The third-order valence-corrected chi connectivity index (χ3v) is 4.88. The normalized spacial score (nSPS) is 19.5. The molecule has 0 bridgehead atoms. The highest BCUT2D eigenvalue weighted by atomic mass is 32.2. The van der Waals surface area contributed by atoms with Crippen LogP contribution in [0, 0.1) is 11.3 Å². The van der Waals surface area contributed by atoms with Crippen LogP contribution in [0.4, 0.5) is 0 Å². The highest BCUT2D eigenvalue weighted by Crippen LogP contribution is 2.42.